The molecule has 0 heterocycles. The molecule has 0 unspecified atom stereocenters. The van der Waals surface area contributed by atoms with E-state index < -0.39 is 0 Å². The monoisotopic (exact) mass is 385 g/mol. The second-order valence-electron chi connectivity index (χ2n) is 6.84. The number of ether oxygens (including phenoxy) is 1. The lowest BCUT2D eigenvalue weighted by molar-refractivity contribution is 0.0985. The van der Waals surface area contributed by atoms with Gasteiger partial charge in [0.25, 0.3) is 5.91 Å². The number of nitriles is 1. The molecule has 0 saturated carbocycles. The van der Waals surface area contributed by atoms with E-state index >= 15 is 0 Å². The average Bonchev–Trinajstić information content (AvgIpc) is 2.77. The fourth-order valence-corrected chi connectivity index (χ4v) is 3.00. The van der Waals surface area contributed by atoms with Gasteiger partial charge in [0, 0.05) is 31.0 Å². The van der Waals surface area contributed by atoms with Crippen molar-refractivity contribution in [2.45, 2.75) is 6.54 Å². The Morgan fingerprint density at radius 2 is 1.62 bits per heavy atom. The third-order valence-electron chi connectivity index (χ3n) is 4.66. The van der Waals surface area contributed by atoms with Crippen LogP contribution in [0, 0.1) is 11.3 Å². The summed E-state index contributed by atoms with van der Waals surface area (Å²) in [6.45, 7) is 0.412. The van der Waals surface area contributed by atoms with E-state index in [0.717, 1.165) is 22.7 Å². The minimum Gasteiger partial charge on any atom is -0.497 e. The van der Waals surface area contributed by atoms with Crippen molar-refractivity contribution >= 4 is 17.3 Å². The molecule has 0 spiro atoms. The van der Waals surface area contributed by atoms with Crippen LogP contribution < -0.4 is 14.5 Å². The Morgan fingerprint density at radius 1 is 0.966 bits per heavy atom. The molecule has 29 heavy (non-hydrogen) atoms. The number of hydrogen-bond acceptors (Lipinski definition) is 4. The Bertz CT molecular complexity index is 1020. The van der Waals surface area contributed by atoms with Gasteiger partial charge in [0.05, 0.1) is 25.3 Å². The van der Waals surface area contributed by atoms with Crippen LogP contribution in [-0.2, 0) is 6.54 Å². The molecule has 3 aromatic rings. The maximum absolute atomic E-state index is 13.3. The molecule has 0 aromatic heterocycles. The first-order valence-corrected chi connectivity index (χ1v) is 9.24. The molecule has 0 fully saturated rings. The Morgan fingerprint density at radius 3 is 2.21 bits per heavy atom. The van der Waals surface area contributed by atoms with Crippen molar-refractivity contribution in [2.75, 3.05) is 31.0 Å². The third kappa shape index (κ3) is 4.74. The molecule has 0 N–H and O–H groups in total. The number of benzene rings is 3. The molecule has 5 nitrogen and oxygen atoms in total. The predicted molar refractivity (Wildman–Crippen MR) is 115 cm³/mol. The summed E-state index contributed by atoms with van der Waals surface area (Å²) in [5, 5.41) is 9.17. The highest BCUT2D eigenvalue weighted by molar-refractivity contribution is 6.06. The van der Waals surface area contributed by atoms with Crippen molar-refractivity contribution < 1.29 is 9.53 Å². The second-order valence-corrected chi connectivity index (χ2v) is 6.84. The fraction of sp³-hybridized carbons (Fsp3) is 0.167. The topological polar surface area (TPSA) is 56.6 Å². The van der Waals surface area contributed by atoms with Gasteiger partial charge in [0.2, 0.25) is 0 Å². The molecule has 0 atom stereocenters. The Balaban J connectivity index is 1.96. The van der Waals surface area contributed by atoms with Crippen LogP contribution in [0.4, 0.5) is 11.4 Å². The number of carbonyl (C=O) groups excluding carboxylic acids is 1. The highest BCUT2D eigenvalue weighted by Gasteiger charge is 2.19. The lowest BCUT2D eigenvalue weighted by Gasteiger charge is -2.24. The first-order chi connectivity index (χ1) is 14.0. The maximum Gasteiger partial charge on any atom is 0.258 e. The van der Waals surface area contributed by atoms with Crippen molar-refractivity contribution in [1.82, 2.24) is 0 Å². The summed E-state index contributed by atoms with van der Waals surface area (Å²) < 4.78 is 5.23. The Hall–Kier alpha value is -3.78. The van der Waals surface area contributed by atoms with Gasteiger partial charge in [0.1, 0.15) is 5.75 Å². The molecule has 1 amide bonds. The van der Waals surface area contributed by atoms with Crippen molar-refractivity contribution in [2.24, 2.45) is 0 Å². The van der Waals surface area contributed by atoms with E-state index in [9.17, 15) is 10.1 Å². The highest BCUT2D eigenvalue weighted by atomic mass is 16.5. The number of amides is 1. The van der Waals surface area contributed by atoms with Crippen LogP contribution >= 0.6 is 0 Å². The standard InChI is InChI=1S/C24H23N3O2/c1-26(2)21-9-7-18(8-10-21)17-27(22-11-13-23(29-3)14-12-22)24(28)20-6-4-5-19(15-20)16-25/h4-15H,17H2,1-3H3. The minimum absolute atomic E-state index is 0.163. The largest absolute Gasteiger partial charge is 0.497 e. The summed E-state index contributed by atoms with van der Waals surface area (Å²) in [5.74, 6) is 0.562. The average molecular weight is 385 g/mol. The zero-order chi connectivity index (χ0) is 20.8. The van der Waals surface area contributed by atoms with E-state index in [1.165, 1.54) is 0 Å². The quantitative estimate of drug-likeness (QED) is 0.628. The van der Waals surface area contributed by atoms with Crippen LogP contribution in [0.15, 0.2) is 72.8 Å². The number of rotatable bonds is 6. The SMILES string of the molecule is COc1ccc(N(Cc2ccc(N(C)C)cc2)C(=O)c2cccc(C#N)c2)cc1. The summed E-state index contributed by atoms with van der Waals surface area (Å²) in [5.41, 5.74) is 3.80. The van der Waals surface area contributed by atoms with E-state index in [2.05, 4.69) is 6.07 Å². The molecule has 0 aliphatic heterocycles. The normalized spacial score (nSPS) is 10.1. The molecular weight excluding hydrogens is 362 g/mol. The van der Waals surface area contributed by atoms with Crippen molar-refractivity contribution in [1.29, 1.82) is 5.26 Å². The molecule has 5 heteroatoms. The van der Waals surface area contributed by atoms with Crippen LogP contribution in [0.2, 0.25) is 0 Å². The van der Waals surface area contributed by atoms with Gasteiger partial charge < -0.3 is 14.5 Å². The third-order valence-corrected chi connectivity index (χ3v) is 4.66. The van der Waals surface area contributed by atoms with E-state index in [1.807, 2.05) is 67.5 Å². The lowest BCUT2D eigenvalue weighted by Crippen LogP contribution is -2.30. The minimum atomic E-state index is -0.163. The fourth-order valence-electron chi connectivity index (χ4n) is 3.00. The first kappa shape index (κ1) is 20.0. The molecule has 146 valence electrons. The van der Waals surface area contributed by atoms with Crippen LogP contribution in [0.3, 0.4) is 0 Å². The zero-order valence-electron chi connectivity index (χ0n) is 16.8. The lowest BCUT2D eigenvalue weighted by atomic mass is 10.1. The van der Waals surface area contributed by atoms with Crippen molar-refractivity contribution in [3.8, 4) is 11.8 Å². The van der Waals surface area contributed by atoms with Gasteiger partial charge in [-0.2, -0.15) is 5.26 Å². The number of hydrogen-bond donors (Lipinski definition) is 0. The number of nitrogens with zero attached hydrogens (tertiary/aromatic N) is 3. The molecule has 0 saturated heterocycles. The van der Waals surface area contributed by atoms with Gasteiger partial charge in [-0.25, -0.2) is 0 Å². The van der Waals surface area contributed by atoms with Gasteiger partial charge >= 0.3 is 0 Å². The van der Waals surface area contributed by atoms with E-state index in [4.69, 9.17) is 4.74 Å². The summed E-state index contributed by atoms with van der Waals surface area (Å²) in [4.78, 5) is 17.1. The van der Waals surface area contributed by atoms with Gasteiger partial charge in [0.15, 0.2) is 0 Å². The van der Waals surface area contributed by atoms with Crippen LogP contribution in [0.1, 0.15) is 21.5 Å². The Labute approximate surface area is 171 Å². The van der Waals surface area contributed by atoms with Gasteiger partial charge in [-0.1, -0.05) is 18.2 Å². The van der Waals surface area contributed by atoms with Crippen molar-refractivity contribution in [3.05, 3.63) is 89.5 Å². The summed E-state index contributed by atoms with van der Waals surface area (Å²) in [6, 6.07) is 24.3. The van der Waals surface area contributed by atoms with Crippen molar-refractivity contribution in [3.63, 3.8) is 0 Å². The number of anilines is 2. The van der Waals surface area contributed by atoms with Gasteiger partial charge in [-0.3, -0.25) is 4.79 Å². The van der Waals surface area contributed by atoms with E-state index in [1.54, 1.807) is 36.3 Å². The van der Waals surface area contributed by atoms with Crippen LogP contribution in [0.5, 0.6) is 5.75 Å². The van der Waals surface area contributed by atoms with E-state index in [0.29, 0.717) is 17.7 Å². The first-order valence-electron chi connectivity index (χ1n) is 9.24. The number of carbonyl (C=O) groups is 1. The second kappa shape index (κ2) is 8.94. The Kier molecular flexibility index (Phi) is 6.16. The van der Waals surface area contributed by atoms with Gasteiger partial charge in [-0.05, 0) is 60.2 Å². The summed E-state index contributed by atoms with van der Waals surface area (Å²) in [7, 11) is 5.59. The molecule has 3 rings (SSSR count). The molecule has 0 aliphatic rings. The van der Waals surface area contributed by atoms with Gasteiger partial charge in [-0.15, -0.1) is 0 Å². The van der Waals surface area contributed by atoms with E-state index in [-0.39, 0.29) is 5.91 Å². The molecule has 0 bridgehead atoms. The predicted octanol–water partition coefficient (Wildman–Crippen LogP) is 4.48. The highest BCUT2D eigenvalue weighted by Crippen LogP contribution is 2.24. The molecule has 0 radical (unpaired) electrons. The zero-order valence-corrected chi connectivity index (χ0v) is 16.8. The van der Waals surface area contributed by atoms with Crippen LogP contribution in [-0.4, -0.2) is 27.1 Å². The molecule has 3 aromatic carbocycles. The number of methoxy groups -OCH3 is 1. The smallest absolute Gasteiger partial charge is 0.258 e. The summed E-state index contributed by atoms with van der Waals surface area (Å²) in [6.07, 6.45) is 0. The maximum atomic E-state index is 13.3. The van der Waals surface area contributed by atoms with Crippen LogP contribution in [0.25, 0.3) is 0 Å². The summed E-state index contributed by atoms with van der Waals surface area (Å²) >= 11 is 0. The molecule has 0 aliphatic carbocycles. The molecular formula is C24H23N3O2.